The van der Waals surface area contributed by atoms with Gasteiger partial charge in [0.1, 0.15) is 0 Å². The van der Waals surface area contributed by atoms with Crippen LogP contribution in [0.15, 0.2) is 22.7 Å². The second kappa shape index (κ2) is 7.09. The summed E-state index contributed by atoms with van der Waals surface area (Å²) >= 11 is 3.39. The van der Waals surface area contributed by atoms with Crippen LogP contribution in [0.1, 0.15) is 36.5 Å². The van der Waals surface area contributed by atoms with Crippen molar-refractivity contribution >= 4 is 27.6 Å². The van der Waals surface area contributed by atoms with Crippen LogP contribution in [0.3, 0.4) is 0 Å². The zero-order valence-electron chi connectivity index (χ0n) is 11.7. The summed E-state index contributed by atoms with van der Waals surface area (Å²) in [5.74, 6) is -0.898. The molecule has 20 heavy (non-hydrogen) atoms. The van der Waals surface area contributed by atoms with Gasteiger partial charge in [-0.2, -0.15) is 0 Å². The molecule has 0 amide bonds. The van der Waals surface area contributed by atoms with Crippen molar-refractivity contribution in [3.05, 3.63) is 28.2 Å². The summed E-state index contributed by atoms with van der Waals surface area (Å²) in [4.78, 5) is 13.7. The quantitative estimate of drug-likeness (QED) is 0.862. The van der Waals surface area contributed by atoms with Gasteiger partial charge in [0, 0.05) is 17.1 Å². The fourth-order valence-electron chi connectivity index (χ4n) is 2.66. The van der Waals surface area contributed by atoms with E-state index in [-0.39, 0.29) is 6.04 Å². The lowest BCUT2D eigenvalue weighted by molar-refractivity contribution is 0.0698. The van der Waals surface area contributed by atoms with Gasteiger partial charge in [-0.1, -0.05) is 22.4 Å². The van der Waals surface area contributed by atoms with Crippen molar-refractivity contribution in [1.82, 2.24) is 4.90 Å². The number of carboxylic acid groups (broad SMARTS) is 1. The second-order valence-electron chi connectivity index (χ2n) is 5.40. The van der Waals surface area contributed by atoms with Gasteiger partial charge in [0.25, 0.3) is 0 Å². The first-order chi connectivity index (χ1) is 9.56. The van der Waals surface area contributed by atoms with E-state index in [0.29, 0.717) is 11.3 Å². The third-order valence-corrected chi connectivity index (χ3v) is 4.09. The lowest BCUT2D eigenvalue weighted by Gasteiger charge is -2.30. The smallest absolute Gasteiger partial charge is 0.337 e. The molecule has 1 saturated heterocycles. The molecule has 0 bridgehead atoms. The molecular formula is C15H21BrN2O2. The molecular weight excluding hydrogens is 320 g/mol. The molecule has 0 aliphatic carbocycles. The van der Waals surface area contributed by atoms with Crippen LogP contribution in [-0.2, 0) is 0 Å². The van der Waals surface area contributed by atoms with Crippen LogP contribution in [0.4, 0.5) is 5.69 Å². The summed E-state index contributed by atoms with van der Waals surface area (Å²) in [5.41, 5.74) is 0.995. The highest BCUT2D eigenvalue weighted by atomic mass is 79.9. The Labute approximate surface area is 128 Å². The van der Waals surface area contributed by atoms with Gasteiger partial charge in [0.2, 0.25) is 0 Å². The minimum absolute atomic E-state index is 0.223. The molecule has 1 aliphatic rings. The van der Waals surface area contributed by atoms with Crippen LogP contribution < -0.4 is 5.32 Å². The fourth-order valence-corrected chi connectivity index (χ4v) is 3.02. The van der Waals surface area contributed by atoms with Crippen molar-refractivity contribution in [3.63, 3.8) is 0 Å². The number of halogens is 1. The Morgan fingerprint density at radius 2 is 2.10 bits per heavy atom. The van der Waals surface area contributed by atoms with Crippen LogP contribution in [0.2, 0.25) is 0 Å². The van der Waals surface area contributed by atoms with E-state index < -0.39 is 5.97 Å². The van der Waals surface area contributed by atoms with Crippen LogP contribution in [0, 0.1) is 0 Å². The minimum atomic E-state index is -0.898. The van der Waals surface area contributed by atoms with Crippen molar-refractivity contribution in [3.8, 4) is 0 Å². The molecule has 0 spiro atoms. The average molecular weight is 341 g/mol. The molecule has 1 atom stereocenters. The van der Waals surface area contributed by atoms with Crippen molar-refractivity contribution < 1.29 is 9.90 Å². The van der Waals surface area contributed by atoms with E-state index in [4.69, 9.17) is 0 Å². The number of benzene rings is 1. The van der Waals surface area contributed by atoms with Crippen molar-refractivity contribution in [1.29, 1.82) is 0 Å². The summed E-state index contributed by atoms with van der Waals surface area (Å²) in [6.45, 7) is 5.35. The number of piperidine rings is 1. The van der Waals surface area contributed by atoms with E-state index in [1.54, 1.807) is 12.1 Å². The number of hydrogen-bond acceptors (Lipinski definition) is 3. The minimum Gasteiger partial charge on any atom is -0.478 e. The van der Waals surface area contributed by atoms with Crippen LogP contribution in [-0.4, -0.2) is 41.7 Å². The summed E-state index contributed by atoms with van der Waals surface area (Å²) in [7, 11) is 0. The number of hydrogen-bond donors (Lipinski definition) is 2. The Balaban J connectivity index is 2.00. The summed E-state index contributed by atoms with van der Waals surface area (Å²) in [6, 6.07) is 5.43. The zero-order chi connectivity index (χ0) is 14.5. The molecule has 2 rings (SSSR count). The molecule has 0 aromatic heterocycles. The number of anilines is 1. The second-order valence-corrected chi connectivity index (χ2v) is 6.32. The van der Waals surface area contributed by atoms with Crippen LogP contribution in [0.5, 0.6) is 0 Å². The Morgan fingerprint density at radius 1 is 1.40 bits per heavy atom. The lowest BCUT2D eigenvalue weighted by Crippen LogP contribution is -2.38. The maximum atomic E-state index is 11.2. The van der Waals surface area contributed by atoms with Gasteiger partial charge in [-0.05, 0) is 51.1 Å². The highest BCUT2D eigenvalue weighted by Crippen LogP contribution is 2.22. The molecule has 1 fully saturated rings. The largest absolute Gasteiger partial charge is 0.478 e. The van der Waals surface area contributed by atoms with Gasteiger partial charge >= 0.3 is 5.97 Å². The van der Waals surface area contributed by atoms with Gasteiger partial charge in [0.05, 0.1) is 11.3 Å². The SMILES string of the molecule is CC(CN1CCCCC1)Nc1cc(Br)ccc1C(=O)O. The van der Waals surface area contributed by atoms with Crippen LogP contribution >= 0.6 is 15.9 Å². The molecule has 1 aromatic rings. The topological polar surface area (TPSA) is 52.6 Å². The molecule has 0 radical (unpaired) electrons. The highest BCUT2D eigenvalue weighted by molar-refractivity contribution is 9.10. The molecule has 2 N–H and O–H groups in total. The number of likely N-dealkylation sites (tertiary alicyclic amines) is 1. The molecule has 1 unspecified atom stereocenters. The summed E-state index contributed by atoms with van der Waals surface area (Å²) < 4.78 is 0.884. The fraction of sp³-hybridized carbons (Fsp3) is 0.533. The van der Waals surface area contributed by atoms with Crippen LogP contribution in [0.25, 0.3) is 0 Å². The van der Waals surface area contributed by atoms with E-state index in [0.717, 1.165) is 24.1 Å². The highest BCUT2D eigenvalue weighted by Gasteiger charge is 2.16. The van der Waals surface area contributed by atoms with Gasteiger partial charge in [0.15, 0.2) is 0 Å². The summed E-state index contributed by atoms with van der Waals surface area (Å²) in [5, 5.41) is 12.6. The number of nitrogens with one attached hydrogen (secondary N) is 1. The lowest BCUT2D eigenvalue weighted by atomic mass is 10.1. The van der Waals surface area contributed by atoms with E-state index in [2.05, 4.69) is 33.1 Å². The van der Waals surface area contributed by atoms with Gasteiger partial charge in [-0.3, -0.25) is 0 Å². The molecule has 4 nitrogen and oxygen atoms in total. The van der Waals surface area contributed by atoms with E-state index in [1.165, 1.54) is 19.3 Å². The molecule has 5 heteroatoms. The normalized spacial score (nSPS) is 17.7. The van der Waals surface area contributed by atoms with Gasteiger partial charge < -0.3 is 15.3 Å². The van der Waals surface area contributed by atoms with E-state index >= 15 is 0 Å². The molecule has 1 heterocycles. The van der Waals surface area contributed by atoms with E-state index in [9.17, 15) is 9.90 Å². The standard InChI is InChI=1S/C15H21BrN2O2/c1-11(10-18-7-3-2-4-8-18)17-14-9-12(16)5-6-13(14)15(19)20/h5-6,9,11,17H,2-4,7-8,10H2,1H3,(H,19,20). The van der Waals surface area contributed by atoms with E-state index in [1.807, 2.05) is 6.07 Å². The number of rotatable bonds is 5. The third kappa shape index (κ3) is 4.21. The number of aromatic carboxylic acids is 1. The first kappa shape index (κ1) is 15.3. The van der Waals surface area contributed by atoms with Crippen molar-refractivity contribution in [2.24, 2.45) is 0 Å². The third-order valence-electron chi connectivity index (χ3n) is 3.59. The predicted molar refractivity (Wildman–Crippen MR) is 84.5 cm³/mol. The average Bonchev–Trinajstić information content (AvgIpc) is 2.39. The Bertz CT molecular complexity index is 473. The maximum absolute atomic E-state index is 11.2. The Hall–Kier alpha value is -1.07. The first-order valence-corrected chi connectivity index (χ1v) is 7.87. The van der Waals surface area contributed by atoms with Gasteiger partial charge in [-0.25, -0.2) is 4.79 Å². The predicted octanol–water partition coefficient (Wildman–Crippen LogP) is 3.43. The molecule has 0 saturated carbocycles. The molecule has 1 aromatic carbocycles. The molecule has 1 aliphatic heterocycles. The van der Waals surface area contributed by atoms with Gasteiger partial charge in [-0.15, -0.1) is 0 Å². The zero-order valence-corrected chi connectivity index (χ0v) is 13.3. The summed E-state index contributed by atoms with van der Waals surface area (Å²) in [6.07, 6.45) is 3.86. The van der Waals surface area contributed by atoms with Crippen molar-refractivity contribution in [2.45, 2.75) is 32.2 Å². The van der Waals surface area contributed by atoms with Crippen molar-refractivity contribution in [2.75, 3.05) is 25.0 Å². The molecule has 110 valence electrons. The number of nitrogens with zero attached hydrogens (tertiary/aromatic N) is 1. The number of carboxylic acids is 1. The first-order valence-electron chi connectivity index (χ1n) is 7.08. The Morgan fingerprint density at radius 3 is 2.75 bits per heavy atom. The monoisotopic (exact) mass is 340 g/mol. The Kier molecular flexibility index (Phi) is 5.43. The maximum Gasteiger partial charge on any atom is 0.337 e. The number of carbonyl (C=O) groups is 1.